The first-order chi connectivity index (χ1) is 9.06. The van der Waals surface area contributed by atoms with Crippen LogP contribution < -0.4 is 5.32 Å². The maximum atomic E-state index is 11.9. The second kappa shape index (κ2) is 5.97. The number of carbonyl (C=O) groups excluding carboxylic acids is 1. The summed E-state index contributed by atoms with van der Waals surface area (Å²) in [5, 5.41) is 2.91. The Morgan fingerprint density at radius 1 is 1.32 bits per heavy atom. The van der Waals surface area contributed by atoms with E-state index in [1.165, 1.54) is 0 Å². The van der Waals surface area contributed by atoms with Gasteiger partial charge in [0.05, 0.1) is 6.42 Å². The highest BCUT2D eigenvalue weighted by Gasteiger charge is 2.07. The van der Waals surface area contributed by atoms with E-state index in [9.17, 15) is 4.79 Å². The minimum atomic E-state index is -0.0332. The van der Waals surface area contributed by atoms with Gasteiger partial charge in [0.1, 0.15) is 0 Å². The lowest BCUT2D eigenvalue weighted by Crippen LogP contribution is -2.14. The third-order valence-electron chi connectivity index (χ3n) is 2.81. The molecule has 98 valence electrons. The van der Waals surface area contributed by atoms with Crippen LogP contribution in [0.2, 0.25) is 0 Å². The first kappa shape index (κ1) is 13.7. The third-order valence-corrected chi connectivity index (χ3v) is 4.06. The second-order valence-electron chi connectivity index (χ2n) is 4.51. The molecule has 0 unspecified atom stereocenters. The highest BCUT2D eigenvalue weighted by atomic mass is 79.9. The van der Waals surface area contributed by atoms with E-state index in [-0.39, 0.29) is 5.91 Å². The predicted octanol–water partition coefficient (Wildman–Crippen LogP) is 3.64. The molecule has 1 aromatic heterocycles. The molecule has 4 heteroatoms. The van der Waals surface area contributed by atoms with Gasteiger partial charge in [0.15, 0.2) is 0 Å². The fourth-order valence-electron chi connectivity index (χ4n) is 1.91. The van der Waals surface area contributed by atoms with Crippen molar-refractivity contribution in [1.82, 2.24) is 4.98 Å². The molecule has 3 nitrogen and oxygen atoms in total. The van der Waals surface area contributed by atoms with Crippen LogP contribution in [0.15, 0.2) is 41.1 Å². The Morgan fingerprint density at radius 3 is 2.58 bits per heavy atom. The number of hydrogen-bond acceptors (Lipinski definition) is 2. The molecule has 0 saturated carbocycles. The van der Waals surface area contributed by atoms with Crippen LogP contribution in [0.1, 0.15) is 16.7 Å². The highest BCUT2D eigenvalue weighted by Crippen LogP contribution is 2.25. The standard InChI is InChI=1S/C15H15BrN2O/c1-10-6-13(7-11(2)15(10)16)18-14(19)8-12-4-3-5-17-9-12/h3-7,9H,8H2,1-2H3,(H,18,19). The molecule has 1 heterocycles. The maximum absolute atomic E-state index is 11.9. The van der Waals surface area contributed by atoms with E-state index >= 15 is 0 Å². The summed E-state index contributed by atoms with van der Waals surface area (Å²) >= 11 is 3.51. The lowest BCUT2D eigenvalue weighted by atomic mass is 10.1. The predicted molar refractivity (Wildman–Crippen MR) is 80.2 cm³/mol. The van der Waals surface area contributed by atoms with Crippen molar-refractivity contribution in [2.45, 2.75) is 20.3 Å². The Balaban J connectivity index is 2.07. The molecule has 0 aliphatic rings. The van der Waals surface area contributed by atoms with Gasteiger partial charge in [0, 0.05) is 22.6 Å². The highest BCUT2D eigenvalue weighted by molar-refractivity contribution is 9.10. The van der Waals surface area contributed by atoms with Crippen LogP contribution in [0, 0.1) is 13.8 Å². The number of nitrogens with one attached hydrogen (secondary N) is 1. The average molecular weight is 319 g/mol. The van der Waals surface area contributed by atoms with Gasteiger partial charge in [-0.25, -0.2) is 0 Å². The van der Waals surface area contributed by atoms with Gasteiger partial charge < -0.3 is 5.32 Å². The Kier molecular flexibility index (Phi) is 4.32. The molecule has 1 aromatic carbocycles. The molecular weight excluding hydrogens is 304 g/mol. The summed E-state index contributed by atoms with van der Waals surface area (Å²) in [4.78, 5) is 15.9. The summed E-state index contributed by atoms with van der Waals surface area (Å²) in [6.07, 6.45) is 3.74. The van der Waals surface area contributed by atoms with Crippen molar-refractivity contribution in [3.8, 4) is 0 Å². The monoisotopic (exact) mass is 318 g/mol. The van der Waals surface area contributed by atoms with Gasteiger partial charge >= 0.3 is 0 Å². The molecule has 0 aliphatic carbocycles. The van der Waals surface area contributed by atoms with Crippen molar-refractivity contribution in [1.29, 1.82) is 0 Å². The number of benzene rings is 1. The van der Waals surface area contributed by atoms with Gasteiger partial charge in [-0.1, -0.05) is 22.0 Å². The maximum Gasteiger partial charge on any atom is 0.228 e. The topological polar surface area (TPSA) is 42.0 Å². The van der Waals surface area contributed by atoms with Crippen LogP contribution in [0.3, 0.4) is 0 Å². The Labute approximate surface area is 121 Å². The number of halogens is 1. The average Bonchev–Trinajstić information content (AvgIpc) is 2.37. The number of hydrogen-bond donors (Lipinski definition) is 1. The van der Waals surface area contributed by atoms with E-state index in [0.717, 1.165) is 26.9 Å². The van der Waals surface area contributed by atoms with Gasteiger partial charge in [-0.3, -0.25) is 9.78 Å². The number of pyridine rings is 1. The zero-order chi connectivity index (χ0) is 13.8. The Morgan fingerprint density at radius 2 is 2.00 bits per heavy atom. The van der Waals surface area contributed by atoms with Crippen LogP contribution in [0.25, 0.3) is 0 Å². The number of anilines is 1. The lowest BCUT2D eigenvalue weighted by molar-refractivity contribution is -0.115. The fourth-order valence-corrected chi connectivity index (χ4v) is 2.14. The number of aryl methyl sites for hydroxylation is 2. The molecule has 1 amide bonds. The van der Waals surface area contributed by atoms with Crippen LogP contribution in [-0.4, -0.2) is 10.9 Å². The Bertz CT molecular complexity index is 573. The van der Waals surface area contributed by atoms with E-state index in [4.69, 9.17) is 0 Å². The molecular formula is C15H15BrN2O. The summed E-state index contributed by atoms with van der Waals surface area (Å²) in [7, 11) is 0. The third kappa shape index (κ3) is 3.64. The quantitative estimate of drug-likeness (QED) is 0.938. The molecule has 0 spiro atoms. The smallest absolute Gasteiger partial charge is 0.228 e. The van der Waals surface area contributed by atoms with Gasteiger partial charge in [-0.05, 0) is 48.7 Å². The molecule has 0 bridgehead atoms. The van der Waals surface area contributed by atoms with Crippen molar-refractivity contribution >= 4 is 27.5 Å². The largest absolute Gasteiger partial charge is 0.326 e. The molecule has 0 saturated heterocycles. The summed E-state index contributed by atoms with van der Waals surface area (Å²) in [5.74, 6) is -0.0332. The summed E-state index contributed by atoms with van der Waals surface area (Å²) in [6.45, 7) is 4.02. The molecule has 19 heavy (non-hydrogen) atoms. The zero-order valence-corrected chi connectivity index (χ0v) is 12.5. The van der Waals surface area contributed by atoms with Crippen molar-refractivity contribution in [3.63, 3.8) is 0 Å². The number of rotatable bonds is 3. The van der Waals surface area contributed by atoms with E-state index in [1.807, 2.05) is 38.1 Å². The van der Waals surface area contributed by atoms with E-state index in [2.05, 4.69) is 26.2 Å². The van der Waals surface area contributed by atoms with Crippen molar-refractivity contribution in [3.05, 3.63) is 57.8 Å². The van der Waals surface area contributed by atoms with Gasteiger partial charge in [0.25, 0.3) is 0 Å². The molecule has 0 aliphatic heterocycles. The minimum Gasteiger partial charge on any atom is -0.326 e. The number of nitrogens with zero attached hydrogens (tertiary/aromatic N) is 1. The van der Waals surface area contributed by atoms with Crippen LogP contribution in [0.5, 0.6) is 0 Å². The van der Waals surface area contributed by atoms with Gasteiger partial charge in [-0.2, -0.15) is 0 Å². The first-order valence-corrected chi connectivity index (χ1v) is 6.81. The normalized spacial score (nSPS) is 10.3. The van der Waals surface area contributed by atoms with Gasteiger partial charge in [0.2, 0.25) is 5.91 Å². The van der Waals surface area contributed by atoms with Crippen molar-refractivity contribution in [2.24, 2.45) is 0 Å². The molecule has 2 aromatic rings. The number of carbonyl (C=O) groups is 1. The second-order valence-corrected chi connectivity index (χ2v) is 5.30. The zero-order valence-electron chi connectivity index (χ0n) is 10.9. The van der Waals surface area contributed by atoms with Crippen LogP contribution >= 0.6 is 15.9 Å². The molecule has 0 fully saturated rings. The first-order valence-electron chi connectivity index (χ1n) is 6.02. The summed E-state index contributed by atoms with van der Waals surface area (Å²) in [6, 6.07) is 7.64. The lowest BCUT2D eigenvalue weighted by Gasteiger charge is -2.09. The number of amides is 1. The minimum absolute atomic E-state index is 0.0332. The van der Waals surface area contributed by atoms with Crippen molar-refractivity contribution in [2.75, 3.05) is 5.32 Å². The summed E-state index contributed by atoms with van der Waals surface area (Å²) < 4.78 is 1.08. The van der Waals surface area contributed by atoms with E-state index in [1.54, 1.807) is 12.4 Å². The van der Waals surface area contributed by atoms with E-state index in [0.29, 0.717) is 6.42 Å². The molecule has 2 rings (SSSR count). The van der Waals surface area contributed by atoms with Crippen LogP contribution in [0.4, 0.5) is 5.69 Å². The Hall–Kier alpha value is -1.68. The van der Waals surface area contributed by atoms with Crippen molar-refractivity contribution < 1.29 is 4.79 Å². The fraction of sp³-hybridized carbons (Fsp3) is 0.200. The van der Waals surface area contributed by atoms with E-state index < -0.39 is 0 Å². The van der Waals surface area contributed by atoms with Crippen LogP contribution in [-0.2, 0) is 11.2 Å². The SMILES string of the molecule is Cc1cc(NC(=O)Cc2cccnc2)cc(C)c1Br. The molecule has 0 atom stereocenters. The molecule has 0 radical (unpaired) electrons. The van der Waals surface area contributed by atoms with Gasteiger partial charge in [-0.15, -0.1) is 0 Å². The molecule has 1 N–H and O–H groups in total. The summed E-state index contributed by atoms with van der Waals surface area (Å²) in [5.41, 5.74) is 3.95. The number of aromatic nitrogens is 1.